The molecular weight excluding hydrogens is 228 g/mol. The highest BCUT2D eigenvalue weighted by atomic mass is 16.6. The van der Waals surface area contributed by atoms with E-state index in [2.05, 4.69) is 20.8 Å². The Hall–Kier alpha value is -1.06. The largest absolute Gasteiger partial charge is 0.464 e. The van der Waals surface area contributed by atoms with Gasteiger partial charge in [0.15, 0.2) is 0 Å². The normalized spacial score (nSPS) is 38.2. The minimum Gasteiger partial charge on any atom is -0.464 e. The van der Waals surface area contributed by atoms with Crippen molar-refractivity contribution in [1.29, 1.82) is 0 Å². The molecule has 0 saturated carbocycles. The van der Waals surface area contributed by atoms with Gasteiger partial charge >= 0.3 is 0 Å². The van der Waals surface area contributed by atoms with E-state index in [1.54, 1.807) is 0 Å². The molecule has 3 heteroatoms. The zero-order valence-electron chi connectivity index (χ0n) is 11.0. The molecule has 2 heterocycles. The number of hydrogen-bond acceptors (Lipinski definition) is 3. The van der Waals surface area contributed by atoms with Crippen LogP contribution >= 0.6 is 0 Å². The molecule has 0 aliphatic carbocycles. The molecule has 1 aromatic rings. The summed E-state index contributed by atoms with van der Waals surface area (Å²) in [6.45, 7) is 6.48. The van der Waals surface area contributed by atoms with Crippen LogP contribution in [0.25, 0.3) is 0 Å². The summed E-state index contributed by atoms with van der Waals surface area (Å²) in [5.74, 6) is 1.54. The van der Waals surface area contributed by atoms with Gasteiger partial charge in [-0.1, -0.05) is 39.0 Å². The molecule has 0 amide bonds. The van der Waals surface area contributed by atoms with E-state index in [1.165, 1.54) is 0 Å². The third kappa shape index (κ3) is 1.65. The average molecular weight is 248 g/mol. The highest BCUT2D eigenvalue weighted by molar-refractivity contribution is 5.38. The van der Waals surface area contributed by atoms with Gasteiger partial charge in [0.05, 0.1) is 18.1 Å². The fraction of sp³-hybridized carbons (Fsp3) is 0.600. The van der Waals surface area contributed by atoms with E-state index in [0.717, 1.165) is 11.3 Å². The molecule has 0 bridgehead atoms. The SMILES string of the molecule is CC(C)[C@H]1O[C@H]2c3ccccc3OC(O)[C@H]2[C@@H]1C. The number of rotatable bonds is 1. The van der Waals surface area contributed by atoms with Crippen LogP contribution in [0.3, 0.4) is 0 Å². The molecule has 2 aliphatic heterocycles. The molecule has 0 spiro atoms. The van der Waals surface area contributed by atoms with E-state index in [4.69, 9.17) is 9.47 Å². The molecule has 18 heavy (non-hydrogen) atoms. The minimum absolute atomic E-state index is 0.0345. The monoisotopic (exact) mass is 248 g/mol. The number of aliphatic hydroxyl groups is 1. The van der Waals surface area contributed by atoms with E-state index >= 15 is 0 Å². The lowest BCUT2D eigenvalue weighted by molar-refractivity contribution is -0.108. The third-order valence-electron chi connectivity index (χ3n) is 4.24. The molecule has 1 N–H and O–H groups in total. The maximum absolute atomic E-state index is 10.2. The second-order valence-electron chi connectivity index (χ2n) is 5.75. The Morgan fingerprint density at radius 1 is 1.22 bits per heavy atom. The van der Waals surface area contributed by atoms with Crippen molar-refractivity contribution < 1.29 is 14.6 Å². The molecule has 3 rings (SSSR count). The molecule has 1 fully saturated rings. The molecular formula is C15H20O3. The number of benzene rings is 1. The van der Waals surface area contributed by atoms with Crippen molar-refractivity contribution in [3.63, 3.8) is 0 Å². The van der Waals surface area contributed by atoms with Gasteiger partial charge in [-0.25, -0.2) is 0 Å². The number of aliphatic hydroxyl groups excluding tert-OH is 1. The highest BCUT2D eigenvalue weighted by Crippen LogP contribution is 2.51. The first-order chi connectivity index (χ1) is 8.59. The summed E-state index contributed by atoms with van der Waals surface area (Å²) in [4.78, 5) is 0. The molecule has 98 valence electrons. The van der Waals surface area contributed by atoms with Gasteiger partial charge in [-0.15, -0.1) is 0 Å². The lowest BCUT2D eigenvalue weighted by Crippen LogP contribution is -2.37. The Morgan fingerprint density at radius 2 is 1.94 bits per heavy atom. The summed E-state index contributed by atoms with van der Waals surface area (Å²) in [6.07, 6.45) is -0.611. The van der Waals surface area contributed by atoms with Crippen LogP contribution in [-0.4, -0.2) is 17.5 Å². The molecule has 1 unspecified atom stereocenters. The second kappa shape index (κ2) is 4.25. The quantitative estimate of drug-likeness (QED) is 0.830. The molecule has 5 atom stereocenters. The average Bonchev–Trinajstić information content (AvgIpc) is 2.68. The molecule has 3 nitrogen and oxygen atoms in total. The van der Waals surface area contributed by atoms with Gasteiger partial charge < -0.3 is 14.6 Å². The van der Waals surface area contributed by atoms with Crippen LogP contribution in [0.5, 0.6) is 5.75 Å². The first-order valence-electron chi connectivity index (χ1n) is 6.68. The predicted octanol–water partition coefficient (Wildman–Crippen LogP) is 2.75. The van der Waals surface area contributed by atoms with Gasteiger partial charge in [-0.05, 0) is 17.9 Å². The number of para-hydroxylation sites is 1. The lowest BCUT2D eigenvalue weighted by atomic mass is 9.81. The van der Waals surface area contributed by atoms with Gasteiger partial charge in [0.1, 0.15) is 5.75 Å². The fourth-order valence-electron chi connectivity index (χ4n) is 3.36. The van der Waals surface area contributed by atoms with E-state index in [-0.39, 0.29) is 18.1 Å². The first-order valence-corrected chi connectivity index (χ1v) is 6.68. The summed E-state index contributed by atoms with van der Waals surface area (Å²) in [5, 5.41) is 10.2. The Kier molecular flexibility index (Phi) is 2.83. The van der Waals surface area contributed by atoms with Crippen molar-refractivity contribution >= 4 is 0 Å². The zero-order valence-corrected chi connectivity index (χ0v) is 11.0. The Balaban J connectivity index is 2.00. The smallest absolute Gasteiger partial charge is 0.203 e. The van der Waals surface area contributed by atoms with Crippen LogP contribution in [0.1, 0.15) is 32.4 Å². The first kappa shape index (κ1) is 12.0. The van der Waals surface area contributed by atoms with Crippen LogP contribution in [0.15, 0.2) is 24.3 Å². The van der Waals surface area contributed by atoms with Gasteiger partial charge in [-0.3, -0.25) is 0 Å². The Morgan fingerprint density at radius 3 is 2.67 bits per heavy atom. The van der Waals surface area contributed by atoms with Crippen molar-refractivity contribution in [2.24, 2.45) is 17.8 Å². The Labute approximate surface area is 108 Å². The molecule has 1 saturated heterocycles. The standard InChI is InChI=1S/C15H20O3/c1-8(2)13-9(3)12-14(18-13)10-6-4-5-7-11(10)17-15(12)16/h4-9,12-16H,1-3H3/t9-,12-,13+,14-,15?/m0/s1. The van der Waals surface area contributed by atoms with Crippen LogP contribution in [0.2, 0.25) is 0 Å². The third-order valence-corrected chi connectivity index (χ3v) is 4.24. The topological polar surface area (TPSA) is 38.7 Å². The summed E-state index contributed by atoms with van der Waals surface area (Å²) in [6, 6.07) is 7.84. The fourth-order valence-corrected chi connectivity index (χ4v) is 3.36. The Bertz CT molecular complexity index is 443. The maximum atomic E-state index is 10.2. The van der Waals surface area contributed by atoms with E-state index in [9.17, 15) is 5.11 Å². The predicted molar refractivity (Wildman–Crippen MR) is 68.2 cm³/mol. The van der Waals surface area contributed by atoms with Crippen LogP contribution < -0.4 is 4.74 Å². The summed E-state index contributed by atoms with van der Waals surface area (Å²) in [7, 11) is 0. The summed E-state index contributed by atoms with van der Waals surface area (Å²) >= 11 is 0. The lowest BCUT2D eigenvalue weighted by Gasteiger charge is -2.33. The van der Waals surface area contributed by atoms with Gasteiger partial charge in [0.25, 0.3) is 0 Å². The molecule has 0 aromatic heterocycles. The molecule has 2 aliphatic rings. The summed E-state index contributed by atoms with van der Waals surface area (Å²) < 4.78 is 11.8. The molecule has 0 radical (unpaired) electrons. The number of hydrogen-bond donors (Lipinski definition) is 1. The highest BCUT2D eigenvalue weighted by Gasteiger charge is 2.50. The van der Waals surface area contributed by atoms with Crippen LogP contribution in [-0.2, 0) is 4.74 Å². The van der Waals surface area contributed by atoms with Crippen molar-refractivity contribution in [2.75, 3.05) is 0 Å². The second-order valence-corrected chi connectivity index (χ2v) is 5.75. The van der Waals surface area contributed by atoms with Gasteiger partial charge in [0, 0.05) is 5.56 Å². The van der Waals surface area contributed by atoms with Gasteiger partial charge in [-0.2, -0.15) is 0 Å². The van der Waals surface area contributed by atoms with Gasteiger partial charge in [0.2, 0.25) is 6.29 Å². The van der Waals surface area contributed by atoms with Crippen molar-refractivity contribution in [3.05, 3.63) is 29.8 Å². The zero-order chi connectivity index (χ0) is 12.9. The molecule has 1 aromatic carbocycles. The number of ether oxygens (including phenoxy) is 2. The number of fused-ring (bicyclic) bond motifs is 3. The van der Waals surface area contributed by atoms with Crippen LogP contribution in [0, 0.1) is 17.8 Å². The summed E-state index contributed by atoms with van der Waals surface area (Å²) in [5.41, 5.74) is 1.07. The maximum Gasteiger partial charge on any atom is 0.203 e. The minimum atomic E-state index is -0.761. The van der Waals surface area contributed by atoms with E-state index < -0.39 is 6.29 Å². The van der Waals surface area contributed by atoms with Crippen molar-refractivity contribution in [1.82, 2.24) is 0 Å². The van der Waals surface area contributed by atoms with Crippen molar-refractivity contribution in [2.45, 2.75) is 39.3 Å². The van der Waals surface area contributed by atoms with Crippen molar-refractivity contribution in [3.8, 4) is 5.75 Å². The van der Waals surface area contributed by atoms with E-state index in [0.29, 0.717) is 11.8 Å². The van der Waals surface area contributed by atoms with Crippen LogP contribution in [0.4, 0.5) is 0 Å². The van der Waals surface area contributed by atoms with E-state index in [1.807, 2.05) is 24.3 Å².